The van der Waals surface area contributed by atoms with Crippen LogP contribution in [0.25, 0.3) is 22.4 Å². The average molecular weight is 555 g/mol. The lowest BCUT2D eigenvalue weighted by Crippen LogP contribution is -2.12. The molecule has 0 aliphatic carbocycles. The molecule has 0 fully saturated rings. The summed E-state index contributed by atoms with van der Waals surface area (Å²) in [7, 11) is 1.61. The van der Waals surface area contributed by atoms with Crippen molar-refractivity contribution in [1.29, 1.82) is 10.5 Å². The average Bonchev–Trinajstić information content (AvgIpc) is 3.41. The molecule has 8 nitrogen and oxygen atoms in total. The summed E-state index contributed by atoms with van der Waals surface area (Å²) >= 11 is 2.59. The van der Waals surface area contributed by atoms with Crippen LogP contribution >= 0.6 is 23.1 Å². The summed E-state index contributed by atoms with van der Waals surface area (Å²) in [6, 6.07) is 19.6. The van der Waals surface area contributed by atoms with Gasteiger partial charge >= 0.3 is 0 Å². The molecule has 0 spiro atoms. The fourth-order valence-corrected chi connectivity index (χ4v) is 5.57. The van der Waals surface area contributed by atoms with Crippen molar-refractivity contribution in [2.75, 3.05) is 23.9 Å². The Morgan fingerprint density at radius 2 is 1.85 bits per heavy atom. The fraction of sp³-hybridized carbons (Fsp3) is 0.207. The molecule has 2 heterocycles. The zero-order chi connectivity index (χ0) is 27.9. The molecule has 0 radical (unpaired) electrons. The van der Waals surface area contributed by atoms with Crippen LogP contribution in [-0.4, -0.2) is 28.7 Å². The van der Waals surface area contributed by atoms with Gasteiger partial charge in [-0.3, -0.25) is 4.79 Å². The zero-order valence-corrected chi connectivity index (χ0v) is 23.3. The minimum atomic E-state index is -0.210. The molecule has 3 N–H and O–H groups in total. The van der Waals surface area contributed by atoms with Crippen LogP contribution in [-0.2, 0) is 4.79 Å². The van der Waals surface area contributed by atoms with Crippen molar-refractivity contribution in [1.82, 2.24) is 9.97 Å². The number of nitrogens with two attached hydrogens (primary N) is 1. The summed E-state index contributed by atoms with van der Waals surface area (Å²) in [5.41, 5.74) is 10.5. The summed E-state index contributed by atoms with van der Waals surface area (Å²) in [4.78, 5) is 21.4. The van der Waals surface area contributed by atoms with E-state index in [1.807, 2.05) is 53.9 Å². The highest BCUT2D eigenvalue weighted by molar-refractivity contribution is 7.99. The van der Waals surface area contributed by atoms with Gasteiger partial charge in [0.1, 0.15) is 34.3 Å². The van der Waals surface area contributed by atoms with Crippen molar-refractivity contribution < 1.29 is 9.53 Å². The van der Waals surface area contributed by atoms with Crippen molar-refractivity contribution in [3.63, 3.8) is 0 Å². The van der Waals surface area contributed by atoms with E-state index in [2.05, 4.69) is 41.3 Å². The Balaban J connectivity index is 1.46. The molecule has 4 aromatic rings. The van der Waals surface area contributed by atoms with E-state index in [4.69, 9.17) is 10.5 Å². The predicted octanol–water partition coefficient (Wildman–Crippen LogP) is 6.45. The highest BCUT2D eigenvalue weighted by Gasteiger charge is 2.21. The van der Waals surface area contributed by atoms with Crippen LogP contribution in [0.5, 0.6) is 5.75 Å². The summed E-state index contributed by atoms with van der Waals surface area (Å²) in [5.74, 6) is 1.28. The predicted molar refractivity (Wildman–Crippen MR) is 156 cm³/mol. The smallest absolute Gasteiger partial charge is 0.226 e. The van der Waals surface area contributed by atoms with E-state index in [1.165, 1.54) is 23.1 Å². The molecule has 0 unspecified atom stereocenters. The molecule has 0 saturated heterocycles. The third-order valence-corrected chi connectivity index (χ3v) is 7.70. The molecular formula is C29H26N6O2S2. The number of rotatable bonds is 9. The summed E-state index contributed by atoms with van der Waals surface area (Å²) in [6.45, 7) is 4.19. The second-order valence-electron chi connectivity index (χ2n) is 8.84. The lowest BCUT2D eigenvalue weighted by atomic mass is 9.94. The van der Waals surface area contributed by atoms with E-state index in [9.17, 15) is 15.3 Å². The van der Waals surface area contributed by atoms with Gasteiger partial charge in [-0.1, -0.05) is 50.2 Å². The number of nitriles is 2. The number of nitrogen functional groups attached to an aromatic ring is 1. The number of carbonyl (C=O) groups excluding carboxylic acids is 1. The van der Waals surface area contributed by atoms with E-state index in [-0.39, 0.29) is 29.3 Å². The number of benzene rings is 2. The molecule has 2 aromatic heterocycles. The van der Waals surface area contributed by atoms with Crippen molar-refractivity contribution in [3.8, 4) is 40.3 Å². The summed E-state index contributed by atoms with van der Waals surface area (Å²) < 4.78 is 5.27. The number of hydrogen-bond donors (Lipinski definition) is 2. The number of nitrogens with zero attached hydrogens (tertiary/aromatic N) is 4. The molecule has 10 heteroatoms. The van der Waals surface area contributed by atoms with Gasteiger partial charge in [-0.25, -0.2) is 9.97 Å². The molecule has 0 atom stereocenters. The Labute approximate surface area is 235 Å². The Kier molecular flexibility index (Phi) is 8.82. The molecule has 2 aromatic carbocycles. The van der Waals surface area contributed by atoms with Crippen molar-refractivity contribution >= 4 is 40.0 Å². The van der Waals surface area contributed by atoms with Gasteiger partial charge in [0.15, 0.2) is 5.13 Å². The summed E-state index contributed by atoms with van der Waals surface area (Å²) in [5, 5.41) is 25.3. The first-order chi connectivity index (χ1) is 18.8. The van der Waals surface area contributed by atoms with E-state index in [1.54, 1.807) is 7.11 Å². The third kappa shape index (κ3) is 6.37. The van der Waals surface area contributed by atoms with Crippen molar-refractivity contribution in [2.45, 2.75) is 31.2 Å². The lowest BCUT2D eigenvalue weighted by molar-refractivity contribution is -0.115. The molecule has 0 aliphatic heterocycles. The maximum Gasteiger partial charge on any atom is 0.226 e. The topological polar surface area (TPSA) is 138 Å². The number of thioether (sulfide) groups is 1. The van der Waals surface area contributed by atoms with Crippen LogP contribution in [0.2, 0.25) is 0 Å². The minimum Gasteiger partial charge on any atom is -0.497 e. The number of hydrogen-bond acceptors (Lipinski definition) is 9. The Bertz CT molecular complexity index is 1580. The number of thiazole rings is 1. The Hall–Kier alpha value is -4.38. The number of methoxy groups -OCH3 is 1. The number of pyridine rings is 1. The van der Waals surface area contributed by atoms with Gasteiger partial charge in [0.2, 0.25) is 5.91 Å². The van der Waals surface area contributed by atoms with E-state index >= 15 is 0 Å². The number of ether oxygens (including phenoxy) is 1. The lowest BCUT2D eigenvalue weighted by Gasteiger charge is -2.14. The maximum absolute atomic E-state index is 12.6. The fourth-order valence-electron chi connectivity index (χ4n) is 3.89. The van der Waals surface area contributed by atoms with Crippen LogP contribution in [0.1, 0.15) is 42.9 Å². The maximum atomic E-state index is 12.6. The molecule has 0 aliphatic rings. The standard InChI is InChI=1S/C29H26N6O2S2/c1-17(2)18-7-9-19(10-8-18)26-22(14-30)27(32)35-28(23(26)15-31)38-12-11-25(36)34-29-33-24(16-39-29)20-5-4-6-21(13-20)37-3/h4-10,13,16-17H,11-12H2,1-3H3,(H2,32,35)(H,33,34,36). The molecule has 196 valence electrons. The number of aromatic nitrogens is 2. The van der Waals surface area contributed by atoms with Gasteiger partial charge in [-0.05, 0) is 29.2 Å². The Morgan fingerprint density at radius 3 is 2.51 bits per heavy atom. The first kappa shape index (κ1) is 27.6. The highest BCUT2D eigenvalue weighted by Crippen LogP contribution is 2.36. The third-order valence-electron chi connectivity index (χ3n) is 5.97. The second kappa shape index (κ2) is 12.4. The largest absolute Gasteiger partial charge is 0.497 e. The van der Waals surface area contributed by atoms with Gasteiger partial charge in [0.25, 0.3) is 0 Å². The van der Waals surface area contributed by atoms with Gasteiger partial charge < -0.3 is 15.8 Å². The monoisotopic (exact) mass is 554 g/mol. The van der Waals surface area contributed by atoms with Crippen LogP contribution in [0.3, 0.4) is 0 Å². The van der Waals surface area contributed by atoms with Gasteiger partial charge in [-0.15, -0.1) is 23.1 Å². The quantitative estimate of drug-likeness (QED) is 0.225. The SMILES string of the molecule is COc1cccc(-c2csc(NC(=O)CCSc3nc(N)c(C#N)c(-c4ccc(C(C)C)cc4)c3C#N)n2)c1. The Morgan fingerprint density at radius 1 is 1.10 bits per heavy atom. The molecule has 0 saturated carbocycles. The van der Waals surface area contributed by atoms with Crippen LogP contribution < -0.4 is 15.8 Å². The molecular weight excluding hydrogens is 528 g/mol. The minimum absolute atomic E-state index is 0.0549. The van der Waals surface area contributed by atoms with Crippen molar-refractivity contribution in [2.24, 2.45) is 0 Å². The number of carbonyl (C=O) groups is 1. The second-order valence-corrected chi connectivity index (χ2v) is 10.8. The number of anilines is 2. The highest BCUT2D eigenvalue weighted by atomic mass is 32.2. The van der Waals surface area contributed by atoms with Gasteiger partial charge in [-0.2, -0.15) is 10.5 Å². The molecule has 0 bridgehead atoms. The van der Waals surface area contributed by atoms with Gasteiger partial charge in [0, 0.05) is 28.7 Å². The summed E-state index contributed by atoms with van der Waals surface area (Å²) in [6.07, 6.45) is 0.170. The van der Waals surface area contributed by atoms with E-state index in [0.29, 0.717) is 27.4 Å². The van der Waals surface area contributed by atoms with Crippen molar-refractivity contribution in [3.05, 3.63) is 70.6 Å². The first-order valence-electron chi connectivity index (χ1n) is 12.1. The number of nitrogens with one attached hydrogen (secondary N) is 1. The van der Waals surface area contributed by atoms with Crippen LogP contribution in [0, 0.1) is 22.7 Å². The number of amides is 1. The van der Waals surface area contributed by atoms with Crippen LogP contribution in [0.4, 0.5) is 10.9 Å². The molecule has 4 rings (SSSR count). The zero-order valence-electron chi connectivity index (χ0n) is 21.7. The van der Waals surface area contributed by atoms with Gasteiger partial charge in [0.05, 0.1) is 18.4 Å². The molecule has 39 heavy (non-hydrogen) atoms. The van der Waals surface area contributed by atoms with E-state index in [0.717, 1.165) is 28.1 Å². The first-order valence-corrected chi connectivity index (χ1v) is 14.0. The van der Waals surface area contributed by atoms with E-state index < -0.39 is 0 Å². The normalized spacial score (nSPS) is 10.6. The van der Waals surface area contributed by atoms with Crippen LogP contribution in [0.15, 0.2) is 58.9 Å². The molecule has 1 amide bonds.